The van der Waals surface area contributed by atoms with Crippen LogP contribution < -0.4 is 0 Å². The maximum Gasteiger partial charge on any atom is 0.347 e. The third-order valence-electron chi connectivity index (χ3n) is 2.70. The fourth-order valence-electron chi connectivity index (χ4n) is 1.39. The number of nitrogens with zero attached hydrogens (tertiary/aromatic N) is 2. The van der Waals surface area contributed by atoms with Gasteiger partial charge < -0.3 is 9.64 Å². The highest BCUT2D eigenvalue weighted by Crippen LogP contribution is 2.20. The summed E-state index contributed by atoms with van der Waals surface area (Å²) in [5.74, 6) is -0.702. The zero-order chi connectivity index (χ0) is 12.5. The van der Waals surface area contributed by atoms with Gasteiger partial charge in [-0.3, -0.25) is 10.0 Å². The van der Waals surface area contributed by atoms with Crippen LogP contribution in [0.3, 0.4) is 0 Å². The summed E-state index contributed by atoms with van der Waals surface area (Å²) in [6.07, 6.45) is -0.481. The fraction of sp³-hybridized carbons (Fsp3) is 0.800. The van der Waals surface area contributed by atoms with Gasteiger partial charge in [0.2, 0.25) is 6.23 Å². The number of carbonyl (C=O) groups excluding carboxylic acids is 2. The highest BCUT2D eigenvalue weighted by atomic mass is 16.6. The van der Waals surface area contributed by atoms with E-state index in [1.165, 1.54) is 4.90 Å². The lowest BCUT2D eigenvalue weighted by molar-refractivity contribution is -0.211. The quantitative estimate of drug-likeness (QED) is 0.568. The Labute approximate surface area is 94.7 Å². The maximum atomic E-state index is 11.5. The summed E-state index contributed by atoms with van der Waals surface area (Å²) in [5, 5.41) is 9.99. The van der Waals surface area contributed by atoms with Crippen LogP contribution in [0.1, 0.15) is 27.2 Å². The predicted molar refractivity (Wildman–Crippen MR) is 55.6 cm³/mol. The molecule has 0 aromatic carbocycles. The molecule has 1 saturated heterocycles. The number of hydroxylamine groups is 2. The summed E-state index contributed by atoms with van der Waals surface area (Å²) < 4.78 is 5.04. The lowest BCUT2D eigenvalue weighted by atomic mass is 10.1. The van der Waals surface area contributed by atoms with Crippen LogP contribution >= 0.6 is 0 Å². The topological polar surface area (TPSA) is 70.1 Å². The minimum absolute atomic E-state index is 0.0686. The number of hydrogen-bond donors (Lipinski definition) is 1. The molecule has 1 N–H and O–H groups in total. The van der Waals surface area contributed by atoms with Gasteiger partial charge in [-0.25, -0.2) is 4.79 Å². The van der Waals surface area contributed by atoms with Crippen LogP contribution in [0.4, 0.5) is 4.79 Å². The van der Waals surface area contributed by atoms with E-state index in [1.54, 1.807) is 20.9 Å². The Morgan fingerprint density at radius 3 is 2.62 bits per heavy atom. The normalized spacial score (nSPS) is 26.2. The zero-order valence-corrected chi connectivity index (χ0v) is 10.0. The van der Waals surface area contributed by atoms with Gasteiger partial charge in [-0.05, 0) is 6.92 Å². The molecule has 0 spiro atoms. The van der Waals surface area contributed by atoms with E-state index in [4.69, 9.17) is 4.74 Å². The molecule has 0 aromatic heterocycles. The second kappa shape index (κ2) is 4.69. The molecule has 6 heteroatoms. The molecule has 1 aliphatic heterocycles. The van der Waals surface area contributed by atoms with Crippen LogP contribution in [0, 0.1) is 5.92 Å². The van der Waals surface area contributed by atoms with E-state index in [-0.39, 0.29) is 12.0 Å². The molecule has 0 aromatic rings. The van der Waals surface area contributed by atoms with Crippen LogP contribution in [0.5, 0.6) is 0 Å². The van der Waals surface area contributed by atoms with Crippen molar-refractivity contribution >= 4 is 12.0 Å². The largest absolute Gasteiger partial charge is 0.439 e. The third kappa shape index (κ3) is 2.44. The molecule has 1 aliphatic rings. The first-order valence-corrected chi connectivity index (χ1v) is 5.30. The van der Waals surface area contributed by atoms with E-state index in [0.29, 0.717) is 11.5 Å². The molecule has 2 amide bonds. The molecule has 0 saturated carbocycles. The predicted octanol–water partition coefficient (Wildman–Crippen LogP) is 1.05. The van der Waals surface area contributed by atoms with Crippen molar-refractivity contribution in [1.82, 2.24) is 9.96 Å². The Morgan fingerprint density at radius 2 is 2.12 bits per heavy atom. The first-order valence-electron chi connectivity index (χ1n) is 5.30. The van der Waals surface area contributed by atoms with Crippen molar-refractivity contribution in [2.75, 3.05) is 7.05 Å². The van der Waals surface area contributed by atoms with Gasteiger partial charge in [-0.15, -0.1) is 0 Å². The summed E-state index contributed by atoms with van der Waals surface area (Å²) in [4.78, 5) is 24.3. The Balaban J connectivity index is 2.68. The number of esters is 1. The number of ether oxygens (including phenoxy) is 1. The Kier molecular flexibility index (Phi) is 3.74. The lowest BCUT2D eigenvalue weighted by Crippen LogP contribution is -2.56. The van der Waals surface area contributed by atoms with Gasteiger partial charge in [-0.2, -0.15) is 5.06 Å². The van der Waals surface area contributed by atoms with E-state index in [1.807, 2.05) is 6.92 Å². The van der Waals surface area contributed by atoms with Crippen LogP contribution in [-0.2, 0) is 9.53 Å². The molecule has 0 radical (unpaired) electrons. The smallest absolute Gasteiger partial charge is 0.347 e. The summed E-state index contributed by atoms with van der Waals surface area (Å²) in [7, 11) is 1.59. The van der Waals surface area contributed by atoms with Gasteiger partial charge in [0, 0.05) is 19.5 Å². The van der Waals surface area contributed by atoms with E-state index < -0.39 is 18.2 Å². The summed E-state index contributed by atoms with van der Waals surface area (Å²) in [6.45, 7) is 5.23. The van der Waals surface area contributed by atoms with E-state index >= 15 is 0 Å². The van der Waals surface area contributed by atoms with Crippen LogP contribution in [-0.4, -0.2) is 46.5 Å². The fourth-order valence-corrected chi connectivity index (χ4v) is 1.39. The van der Waals surface area contributed by atoms with Crippen molar-refractivity contribution in [2.24, 2.45) is 5.92 Å². The molecule has 6 nitrogen and oxygen atoms in total. The summed E-state index contributed by atoms with van der Waals surface area (Å²) in [6, 6.07) is -0.624. The number of rotatable bonds is 2. The number of amides is 2. The van der Waals surface area contributed by atoms with Crippen molar-refractivity contribution in [3.05, 3.63) is 0 Å². The molecular weight excluding hydrogens is 212 g/mol. The van der Waals surface area contributed by atoms with E-state index in [9.17, 15) is 14.8 Å². The molecule has 16 heavy (non-hydrogen) atoms. The maximum absolute atomic E-state index is 11.5. The average molecular weight is 230 g/mol. The van der Waals surface area contributed by atoms with Gasteiger partial charge in [0.15, 0.2) is 0 Å². The van der Waals surface area contributed by atoms with Crippen molar-refractivity contribution in [2.45, 2.75) is 39.5 Å². The molecular formula is C10H18N2O4. The zero-order valence-electron chi connectivity index (χ0n) is 10.0. The molecule has 1 fully saturated rings. The van der Waals surface area contributed by atoms with Gasteiger partial charge in [0.05, 0.1) is 5.92 Å². The third-order valence-corrected chi connectivity index (χ3v) is 2.70. The van der Waals surface area contributed by atoms with Crippen LogP contribution in [0.15, 0.2) is 0 Å². The molecule has 0 bridgehead atoms. The first-order chi connectivity index (χ1) is 7.34. The first kappa shape index (κ1) is 12.8. The van der Waals surface area contributed by atoms with Crippen molar-refractivity contribution in [3.8, 4) is 0 Å². The number of carbonyl (C=O) groups is 2. The Hall–Kier alpha value is -1.30. The van der Waals surface area contributed by atoms with Gasteiger partial charge in [-0.1, -0.05) is 13.8 Å². The molecule has 2 unspecified atom stereocenters. The Bertz CT molecular complexity index is 293. The van der Waals surface area contributed by atoms with E-state index in [0.717, 1.165) is 0 Å². The van der Waals surface area contributed by atoms with Crippen molar-refractivity contribution < 1.29 is 19.5 Å². The number of urea groups is 1. The lowest BCUT2D eigenvalue weighted by Gasteiger charge is -2.39. The highest BCUT2D eigenvalue weighted by Gasteiger charge is 2.37. The SMILES string of the molecule is CC(C)C(=O)OC1CC(C)N(C)C(=O)N1O. The molecule has 1 heterocycles. The minimum atomic E-state index is -0.881. The molecule has 2 atom stereocenters. The monoisotopic (exact) mass is 230 g/mol. The number of hydrogen-bond acceptors (Lipinski definition) is 4. The average Bonchev–Trinajstić information content (AvgIpc) is 2.22. The molecule has 1 rings (SSSR count). The summed E-state index contributed by atoms with van der Waals surface area (Å²) >= 11 is 0. The molecule has 92 valence electrons. The van der Waals surface area contributed by atoms with Crippen LogP contribution in [0.25, 0.3) is 0 Å². The van der Waals surface area contributed by atoms with Gasteiger partial charge in [0.25, 0.3) is 0 Å². The second-order valence-corrected chi connectivity index (χ2v) is 4.37. The highest BCUT2D eigenvalue weighted by molar-refractivity contribution is 5.75. The van der Waals surface area contributed by atoms with Crippen LogP contribution in [0.2, 0.25) is 0 Å². The van der Waals surface area contributed by atoms with Crippen molar-refractivity contribution in [3.63, 3.8) is 0 Å². The summed E-state index contributed by atoms with van der Waals surface area (Å²) in [5.41, 5.74) is 0. The van der Waals surface area contributed by atoms with E-state index in [2.05, 4.69) is 0 Å². The standard InChI is InChI=1S/C10H18N2O4/c1-6(2)9(13)16-8-5-7(3)11(4)10(14)12(8)15/h6-8,15H,5H2,1-4H3. The van der Waals surface area contributed by atoms with Gasteiger partial charge in [0.1, 0.15) is 0 Å². The molecule has 0 aliphatic carbocycles. The van der Waals surface area contributed by atoms with Crippen molar-refractivity contribution in [1.29, 1.82) is 0 Å². The Morgan fingerprint density at radius 1 is 1.56 bits per heavy atom. The minimum Gasteiger partial charge on any atom is -0.439 e. The van der Waals surface area contributed by atoms with Gasteiger partial charge >= 0.3 is 12.0 Å². The second-order valence-electron chi connectivity index (χ2n) is 4.37.